The second kappa shape index (κ2) is 26.1. The van der Waals surface area contributed by atoms with Gasteiger partial charge in [-0.15, -0.1) is 12.4 Å². The van der Waals surface area contributed by atoms with E-state index >= 15 is 0 Å². The first-order valence-corrected chi connectivity index (χ1v) is 29.0. The van der Waals surface area contributed by atoms with Crippen LogP contribution in [0.3, 0.4) is 0 Å². The molecule has 6 fully saturated rings. The molecule has 432 valence electrons. The van der Waals surface area contributed by atoms with Gasteiger partial charge >= 0.3 is 0 Å². The minimum atomic E-state index is -0.633. The summed E-state index contributed by atoms with van der Waals surface area (Å²) in [6.07, 6.45) is 11.2. The number of halogens is 3. The van der Waals surface area contributed by atoms with Crippen LogP contribution in [0, 0.1) is 11.6 Å². The van der Waals surface area contributed by atoms with Crippen molar-refractivity contribution in [2.75, 3.05) is 75.4 Å². The Morgan fingerprint density at radius 2 is 0.938 bits per heavy atom. The standard InChI is InChI=1S/C31H37FN4O4.C30H36FN5O4.ClH/c32-23-7-10-27(34-13-3-1-4-14-34)22(16-23)18-35-15-5-2-6-24(35)20-40-25-8-9-26-21(17-25)19-36(31(26)39)28-11-12-29(37)33-30(28)38;31-22-4-7-26(34-13-10-32-11-14-34)21(15-22)17-35-12-2-1-3-23(35)19-40-24-5-6-25-20(16-24)18-36(30(25)39)27-8-9-28(37)33-29(27)38;/h7-10,16-17,24,28H,1-6,11-15,18-20H2,(H,33,37,38);4-7,15-16,23,27,32H,1-3,8-14,17-19H2,(H,33,37,38);1H/t24-,28?;23-,27?;/m11./s1. The first kappa shape index (κ1) is 57.6. The first-order valence-electron chi connectivity index (χ1n) is 29.0. The van der Waals surface area contributed by atoms with E-state index < -0.39 is 23.9 Å². The highest BCUT2D eigenvalue weighted by Crippen LogP contribution is 2.35. The number of likely N-dealkylation sites (tertiary alicyclic amines) is 2. The van der Waals surface area contributed by atoms with Crippen molar-refractivity contribution in [3.63, 3.8) is 0 Å². The van der Waals surface area contributed by atoms with Gasteiger partial charge in [0.2, 0.25) is 23.6 Å². The van der Waals surface area contributed by atoms with Crippen molar-refractivity contribution >= 4 is 59.2 Å². The smallest absolute Gasteiger partial charge is 0.255 e. The lowest BCUT2D eigenvalue weighted by molar-refractivity contribution is -0.138. The number of fused-ring (bicyclic) bond motifs is 2. The number of carbonyl (C=O) groups excluding carboxylic acids is 6. The fourth-order valence-corrected chi connectivity index (χ4v) is 13.0. The summed E-state index contributed by atoms with van der Waals surface area (Å²) in [5, 5.41) is 8.07. The summed E-state index contributed by atoms with van der Waals surface area (Å²) >= 11 is 0. The van der Waals surface area contributed by atoms with Crippen LogP contribution in [0.1, 0.15) is 126 Å². The first-order chi connectivity index (χ1) is 38.9. The number of amides is 6. The van der Waals surface area contributed by atoms with E-state index in [1.54, 1.807) is 46.2 Å². The van der Waals surface area contributed by atoms with Gasteiger partial charge in [-0.2, -0.15) is 0 Å². The monoisotopic (exact) mass is 1130 g/mol. The maximum atomic E-state index is 14.3. The van der Waals surface area contributed by atoms with Gasteiger partial charge in [0.15, 0.2) is 0 Å². The van der Waals surface area contributed by atoms with E-state index in [0.717, 1.165) is 125 Å². The van der Waals surface area contributed by atoms with Crippen LogP contribution >= 0.6 is 12.4 Å². The molecule has 4 aromatic carbocycles. The largest absolute Gasteiger partial charge is 0.492 e. The normalized spacial score (nSPS) is 23.5. The number of nitrogens with one attached hydrogen (secondary N) is 3. The quantitative estimate of drug-likeness (QED) is 0.112. The number of hydrogen-bond donors (Lipinski definition) is 3. The highest BCUT2D eigenvalue weighted by Gasteiger charge is 2.41. The maximum absolute atomic E-state index is 14.3. The molecule has 8 aliphatic rings. The molecule has 0 radical (unpaired) electrons. The Hall–Kier alpha value is -6.67. The van der Waals surface area contributed by atoms with E-state index in [1.165, 1.54) is 19.3 Å². The van der Waals surface area contributed by atoms with Crippen molar-refractivity contribution in [1.29, 1.82) is 0 Å². The van der Waals surface area contributed by atoms with E-state index in [-0.39, 0.29) is 72.6 Å². The molecular weight excluding hydrogens is 1060 g/mol. The van der Waals surface area contributed by atoms with Crippen molar-refractivity contribution in [2.45, 2.75) is 134 Å². The minimum absolute atomic E-state index is 0. The number of imide groups is 2. The lowest BCUT2D eigenvalue weighted by Crippen LogP contribution is -2.52. The number of piperidine rings is 5. The Bertz CT molecular complexity index is 2800. The zero-order chi connectivity index (χ0) is 55.3. The molecule has 0 aliphatic carbocycles. The van der Waals surface area contributed by atoms with Crippen LogP contribution < -0.4 is 35.2 Å². The van der Waals surface area contributed by atoms with E-state index in [4.69, 9.17) is 9.47 Å². The Kier molecular flexibility index (Phi) is 18.5. The zero-order valence-electron chi connectivity index (χ0n) is 45.9. The van der Waals surface area contributed by atoms with Crippen LogP contribution in [0.25, 0.3) is 0 Å². The number of piperazine rings is 1. The number of hydrogen-bond acceptors (Lipinski definition) is 13. The number of carbonyl (C=O) groups is 6. The lowest BCUT2D eigenvalue weighted by Gasteiger charge is -2.37. The molecule has 0 aromatic heterocycles. The molecule has 6 amide bonds. The summed E-state index contributed by atoms with van der Waals surface area (Å²) in [5.74, 6) is -0.807. The molecule has 0 saturated carbocycles. The third kappa shape index (κ3) is 13.3. The van der Waals surface area contributed by atoms with Gasteiger partial charge in [-0.3, -0.25) is 49.2 Å². The molecule has 8 aliphatic heterocycles. The van der Waals surface area contributed by atoms with Gasteiger partial charge < -0.3 is 34.4 Å². The van der Waals surface area contributed by atoms with Gasteiger partial charge in [0, 0.05) is 113 Å². The van der Waals surface area contributed by atoms with E-state index in [1.807, 2.05) is 36.4 Å². The number of ether oxygens (including phenoxy) is 2. The summed E-state index contributed by atoms with van der Waals surface area (Å²) in [4.78, 5) is 86.4. The Morgan fingerprint density at radius 1 is 0.494 bits per heavy atom. The molecule has 4 atom stereocenters. The van der Waals surface area contributed by atoms with Crippen molar-refractivity contribution < 1.29 is 47.0 Å². The SMILES string of the molecule is Cl.O=C1CCC(N2Cc3cc(OC[C@H]4CCCCN4Cc4cc(F)ccc4N4CCCCC4)ccc3C2=O)C(=O)N1.O=C1CCC(N2Cc3cc(OC[C@H]4CCCCN4Cc4cc(F)ccc4N4CCNCC4)ccc3C2=O)C(=O)N1. The van der Waals surface area contributed by atoms with Crippen LogP contribution in [-0.4, -0.2) is 145 Å². The summed E-state index contributed by atoms with van der Waals surface area (Å²) in [5.41, 5.74) is 7.12. The predicted octanol–water partition coefficient (Wildman–Crippen LogP) is 6.86. The van der Waals surface area contributed by atoms with Gasteiger partial charge in [-0.1, -0.05) is 12.8 Å². The number of anilines is 2. The molecule has 12 rings (SSSR count). The number of benzene rings is 4. The fourth-order valence-electron chi connectivity index (χ4n) is 13.0. The molecule has 4 aromatic rings. The Balaban J connectivity index is 0.000000180. The van der Waals surface area contributed by atoms with Gasteiger partial charge in [0.1, 0.15) is 48.4 Å². The van der Waals surface area contributed by atoms with Crippen LogP contribution in [0.5, 0.6) is 11.5 Å². The zero-order valence-corrected chi connectivity index (χ0v) is 46.8. The Morgan fingerprint density at radius 3 is 1.40 bits per heavy atom. The number of nitrogens with zero attached hydrogens (tertiary/aromatic N) is 6. The molecule has 20 heteroatoms. The van der Waals surface area contributed by atoms with Crippen LogP contribution in [0.15, 0.2) is 72.8 Å². The molecule has 0 bridgehead atoms. The molecule has 81 heavy (non-hydrogen) atoms. The molecule has 3 N–H and O–H groups in total. The highest BCUT2D eigenvalue weighted by atomic mass is 35.5. The number of rotatable bonds is 14. The van der Waals surface area contributed by atoms with Gasteiger partial charge in [-0.25, -0.2) is 8.78 Å². The summed E-state index contributed by atoms with van der Waals surface area (Å²) < 4.78 is 41.2. The molecule has 2 unspecified atom stereocenters. The molecule has 8 heterocycles. The minimum Gasteiger partial charge on any atom is -0.492 e. The van der Waals surface area contributed by atoms with Crippen molar-refractivity contribution in [3.8, 4) is 11.5 Å². The predicted molar refractivity (Wildman–Crippen MR) is 303 cm³/mol. The average Bonchev–Trinajstić information content (AvgIpc) is 4.11. The van der Waals surface area contributed by atoms with Crippen molar-refractivity contribution in [1.82, 2.24) is 35.6 Å². The molecule has 0 spiro atoms. The van der Waals surface area contributed by atoms with Gasteiger partial charge in [0.25, 0.3) is 11.8 Å². The highest BCUT2D eigenvalue weighted by molar-refractivity contribution is 6.06. The van der Waals surface area contributed by atoms with Gasteiger partial charge in [0.05, 0.1) is 0 Å². The maximum Gasteiger partial charge on any atom is 0.255 e. The van der Waals surface area contributed by atoms with Gasteiger partial charge in [-0.05, 0) is 166 Å². The summed E-state index contributed by atoms with van der Waals surface area (Å²) in [6, 6.07) is 20.5. The van der Waals surface area contributed by atoms with Crippen molar-refractivity contribution in [2.24, 2.45) is 0 Å². The van der Waals surface area contributed by atoms with Crippen LogP contribution in [-0.2, 0) is 45.4 Å². The fraction of sp³-hybridized carbons (Fsp3) is 0.508. The Labute approximate surface area is 478 Å². The second-order valence-corrected chi connectivity index (χ2v) is 22.6. The average molecular weight is 1130 g/mol. The van der Waals surface area contributed by atoms with E-state index in [0.29, 0.717) is 74.9 Å². The topological polar surface area (TPSA) is 176 Å². The summed E-state index contributed by atoms with van der Waals surface area (Å²) in [7, 11) is 0. The van der Waals surface area contributed by atoms with Crippen LogP contribution in [0.4, 0.5) is 20.2 Å². The summed E-state index contributed by atoms with van der Waals surface area (Å²) in [6.45, 7) is 10.6. The third-order valence-electron chi connectivity index (χ3n) is 17.4. The lowest BCUT2D eigenvalue weighted by atomic mass is 10.0. The van der Waals surface area contributed by atoms with Crippen LogP contribution in [0.2, 0.25) is 0 Å². The molecule has 17 nitrogen and oxygen atoms in total. The third-order valence-corrected chi connectivity index (χ3v) is 17.4. The second-order valence-electron chi connectivity index (χ2n) is 22.6. The molecule has 6 saturated heterocycles. The van der Waals surface area contributed by atoms with Crippen molar-refractivity contribution in [3.05, 3.63) is 118 Å². The van der Waals surface area contributed by atoms with E-state index in [9.17, 15) is 37.5 Å². The molecular formula is C61H74ClF2N9O8. The van der Waals surface area contributed by atoms with E-state index in [2.05, 4.69) is 35.6 Å².